The molecule has 0 atom stereocenters. The molecule has 0 bridgehead atoms. The van der Waals surface area contributed by atoms with Crippen LogP contribution in [0.2, 0.25) is 0 Å². The first kappa shape index (κ1) is 19.0. The monoisotopic (exact) mass is 356 g/mol. The van der Waals surface area contributed by atoms with Crippen LogP contribution in [0.25, 0.3) is 0 Å². The highest BCUT2D eigenvalue weighted by molar-refractivity contribution is 6.06. The van der Waals surface area contributed by atoms with Gasteiger partial charge in [0.25, 0.3) is 11.8 Å². The van der Waals surface area contributed by atoms with Crippen LogP contribution in [0.15, 0.2) is 48.5 Å². The van der Waals surface area contributed by atoms with Crippen molar-refractivity contribution >= 4 is 23.5 Å². The van der Waals surface area contributed by atoms with Crippen molar-refractivity contribution in [2.24, 2.45) is 0 Å². The lowest BCUT2D eigenvalue weighted by Crippen LogP contribution is -2.28. The van der Waals surface area contributed by atoms with E-state index in [9.17, 15) is 19.5 Å². The maximum absolute atomic E-state index is 12.3. The number of carbonyl (C=O) groups excluding carboxylic acids is 2. The second-order valence-corrected chi connectivity index (χ2v) is 5.77. The highest BCUT2D eigenvalue weighted by atomic mass is 16.4. The smallest absolute Gasteiger partial charge is 0.303 e. The second kappa shape index (κ2) is 8.66. The Kier molecular flexibility index (Phi) is 6.32. The third kappa shape index (κ3) is 5.07. The minimum atomic E-state index is -0.893. The van der Waals surface area contributed by atoms with Crippen molar-refractivity contribution in [1.82, 2.24) is 4.90 Å². The lowest BCUT2D eigenvalue weighted by Gasteiger charge is -2.17. The van der Waals surface area contributed by atoms with E-state index in [1.54, 1.807) is 43.4 Å². The summed E-state index contributed by atoms with van der Waals surface area (Å²) in [5.74, 6) is -1.68. The van der Waals surface area contributed by atoms with Gasteiger partial charge in [0.1, 0.15) is 5.75 Å². The summed E-state index contributed by atoms with van der Waals surface area (Å²) in [5.41, 5.74) is 1.08. The maximum atomic E-state index is 12.3. The molecule has 136 valence electrons. The standard InChI is InChI=1S/C19H20N2O5/c1-21(12-4-7-17(23)24)19(26)13-8-10-14(11-9-13)20-18(25)15-5-2-3-6-16(15)22/h2-3,5-6,8-11,22H,4,7,12H2,1H3,(H,20,25)(H,23,24). The van der Waals surface area contributed by atoms with Gasteiger partial charge in [-0.2, -0.15) is 0 Å². The molecule has 3 N–H and O–H groups in total. The zero-order valence-corrected chi connectivity index (χ0v) is 14.3. The summed E-state index contributed by atoms with van der Waals surface area (Å²) in [5, 5.41) is 21.0. The van der Waals surface area contributed by atoms with E-state index in [0.717, 1.165) is 0 Å². The van der Waals surface area contributed by atoms with Crippen LogP contribution in [-0.2, 0) is 4.79 Å². The molecule has 0 saturated heterocycles. The number of benzene rings is 2. The number of anilines is 1. The van der Waals surface area contributed by atoms with E-state index in [2.05, 4.69) is 5.32 Å². The number of carbonyl (C=O) groups is 3. The molecule has 0 spiro atoms. The van der Waals surface area contributed by atoms with Crippen LogP contribution in [-0.4, -0.2) is 46.5 Å². The van der Waals surface area contributed by atoms with Gasteiger partial charge in [-0.3, -0.25) is 14.4 Å². The molecule has 2 aromatic carbocycles. The van der Waals surface area contributed by atoms with Gasteiger partial charge >= 0.3 is 5.97 Å². The third-order valence-corrected chi connectivity index (χ3v) is 3.77. The number of para-hydroxylation sites is 1. The Morgan fingerprint density at radius 2 is 1.69 bits per heavy atom. The summed E-state index contributed by atoms with van der Waals surface area (Å²) in [6.45, 7) is 0.344. The normalized spacial score (nSPS) is 10.2. The van der Waals surface area contributed by atoms with E-state index < -0.39 is 11.9 Å². The summed E-state index contributed by atoms with van der Waals surface area (Å²) in [6, 6.07) is 12.6. The van der Waals surface area contributed by atoms with E-state index in [-0.39, 0.29) is 23.6 Å². The Morgan fingerprint density at radius 1 is 1.04 bits per heavy atom. The molecule has 0 radical (unpaired) electrons. The van der Waals surface area contributed by atoms with Crippen molar-refractivity contribution in [2.45, 2.75) is 12.8 Å². The van der Waals surface area contributed by atoms with E-state index >= 15 is 0 Å². The topological polar surface area (TPSA) is 107 Å². The fourth-order valence-corrected chi connectivity index (χ4v) is 2.35. The van der Waals surface area contributed by atoms with E-state index in [4.69, 9.17) is 5.11 Å². The fourth-order valence-electron chi connectivity index (χ4n) is 2.35. The van der Waals surface area contributed by atoms with Gasteiger partial charge in [0.05, 0.1) is 5.56 Å². The number of phenolic OH excluding ortho intramolecular Hbond substituents is 1. The number of rotatable bonds is 7. The van der Waals surface area contributed by atoms with Crippen molar-refractivity contribution in [2.75, 3.05) is 18.9 Å². The summed E-state index contributed by atoms with van der Waals surface area (Å²) >= 11 is 0. The van der Waals surface area contributed by atoms with Gasteiger partial charge in [-0.05, 0) is 42.8 Å². The van der Waals surface area contributed by atoms with Crippen LogP contribution in [0.3, 0.4) is 0 Å². The number of carboxylic acid groups (broad SMARTS) is 1. The van der Waals surface area contributed by atoms with Crippen molar-refractivity contribution < 1.29 is 24.6 Å². The Bertz CT molecular complexity index is 802. The first-order valence-corrected chi connectivity index (χ1v) is 8.05. The van der Waals surface area contributed by atoms with Crippen LogP contribution >= 0.6 is 0 Å². The molecule has 0 aliphatic carbocycles. The van der Waals surface area contributed by atoms with Crippen LogP contribution in [0, 0.1) is 0 Å². The number of aromatic hydroxyl groups is 1. The van der Waals surface area contributed by atoms with E-state index in [0.29, 0.717) is 24.2 Å². The van der Waals surface area contributed by atoms with Crippen LogP contribution in [0.5, 0.6) is 5.75 Å². The molecule has 0 aliphatic heterocycles. The van der Waals surface area contributed by atoms with Crippen LogP contribution in [0.4, 0.5) is 5.69 Å². The molecule has 0 fully saturated rings. The quantitative estimate of drug-likeness (QED) is 0.707. The fraction of sp³-hybridized carbons (Fsp3) is 0.211. The number of nitrogens with one attached hydrogen (secondary N) is 1. The number of phenols is 1. The number of hydrogen-bond donors (Lipinski definition) is 3. The first-order valence-electron chi connectivity index (χ1n) is 8.05. The summed E-state index contributed by atoms with van der Waals surface area (Å²) in [6.07, 6.45) is 0.390. The van der Waals surface area contributed by atoms with Gasteiger partial charge < -0.3 is 20.4 Å². The zero-order chi connectivity index (χ0) is 19.1. The first-order chi connectivity index (χ1) is 12.4. The SMILES string of the molecule is CN(CCCC(=O)O)C(=O)c1ccc(NC(=O)c2ccccc2O)cc1. The van der Waals surface area contributed by atoms with Crippen LogP contribution < -0.4 is 5.32 Å². The van der Waals surface area contributed by atoms with Crippen molar-refractivity contribution in [1.29, 1.82) is 0 Å². The average Bonchev–Trinajstić information content (AvgIpc) is 2.61. The van der Waals surface area contributed by atoms with Gasteiger partial charge in [0.15, 0.2) is 0 Å². The lowest BCUT2D eigenvalue weighted by atomic mass is 10.1. The second-order valence-electron chi connectivity index (χ2n) is 5.77. The number of nitrogens with zero attached hydrogens (tertiary/aromatic N) is 1. The molecule has 0 heterocycles. The number of amides is 2. The minimum absolute atomic E-state index is 0.00885. The molecule has 2 aromatic rings. The maximum Gasteiger partial charge on any atom is 0.303 e. The molecule has 2 amide bonds. The zero-order valence-electron chi connectivity index (χ0n) is 14.3. The molecule has 0 saturated carbocycles. The Hall–Kier alpha value is -3.35. The highest BCUT2D eigenvalue weighted by Crippen LogP contribution is 2.18. The predicted molar refractivity (Wildman–Crippen MR) is 96.3 cm³/mol. The van der Waals surface area contributed by atoms with E-state index in [1.165, 1.54) is 17.0 Å². The number of aliphatic carboxylic acids is 1. The molecular weight excluding hydrogens is 336 g/mol. The van der Waals surface area contributed by atoms with Gasteiger partial charge in [0, 0.05) is 31.3 Å². The van der Waals surface area contributed by atoms with Crippen molar-refractivity contribution in [3.63, 3.8) is 0 Å². The molecular formula is C19H20N2O5. The highest BCUT2D eigenvalue weighted by Gasteiger charge is 2.13. The largest absolute Gasteiger partial charge is 0.507 e. The third-order valence-electron chi connectivity index (χ3n) is 3.77. The van der Waals surface area contributed by atoms with Crippen LogP contribution in [0.1, 0.15) is 33.6 Å². The Balaban J connectivity index is 1.97. The van der Waals surface area contributed by atoms with Gasteiger partial charge in [-0.25, -0.2) is 0 Å². The number of hydrogen-bond acceptors (Lipinski definition) is 4. The molecule has 2 rings (SSSR count). The molecule has 0 aliphatic rings. The Morgan fingerprint density at radius 3 is 2.31 bits per heavy atom. The summed E-state index contributed by atoms with van der Waals surface area (Å²) in [4.78, 5) is 36.4. The molecule has 26 heavy (non-hydrogen) atoms. The van der Waals surface area contributed by atoms with Crippen molar-refractivity contribution in [3.8, 4) is 5.75 Å². The van der Waals surface area contributed by atoms with Gasteiger partial charge in [0.2, 0.25) is 0 Å². The van der Waals surface area contributed by atoms with Gasteiger partial charge in [-0.15, -0.1) is 0 Å². The predicted octanol–water partition coefficient (Wildman–Crippen LogP) is 2.58. The summed E-state index contributed by atoms with van der Waals surface area (Å²) in [7, 11) is 1.61. The average molecular weight is 356 g/mol. The van der Waals surface area contributed by atoms with Crippen molar-refractivity contribution in [3.05, 3.63) is 59.7 Å². The summed E-state index contributed by atoms with van der Waals surface area (Å²) < 4.78 is 0. The minimum Gasteiger partial charge on any atom is -0.507 e. The molecule has 0 unspecified atom stereocenters. The molecule has 0 aromatic heterocycles. The lowest BCUT2D eigenvalue weighted by molar-refractivity contribution is -0.137. The molecule has 7 nitrogen and oxygen atoms in total. The Labute approximate surface area is 150 Å². The van der Waals surface area contributed by atoms with E-state index in [1.807, 2.05) is 0 Å². The van der Waals surface area contributed by atoms with Gasteiger partial charge in [-0.1, -0.05) is 12.1 Å². The number of carboxylic acids is 1. The molecule has 7 heteroatoms.